The molecule has 0 atom stereocenters. The van der Waals surface area contributed by atoms with Gasteiger partial charge in [0.2, 0.25) is 0 Å². The second-order valence-electron chi connectivity index (χ2n) is 7.46. The lowest BCUT2D eigenvalue weighted by molar-refractivity contribution is -0.140. The normalized spacial score (nSPS) is 11.6. The smallest absolute Gasteiger partial charge is 0.419 e. The first kappa shape index (κ1) is 25.1. The number of aliphatic carboxylic acids is 1. The van der Waals surface area contributed by atoms with E-state index in [9.17, 15) is 27.2 Å². The van der Waals surface area contributed by atoms with Crippen LogP contribution in [0, 0.1) is 5.82 Å². The molecule has 0 spiro atoms. The highest BCUT2D eigenvalue weighted by molar-refractivity contribution is 5.80. The topological polar surface area (TPSA) is 54.4 Å². The molecule has 1 aromatic carbocycles. The third-order valence-corrected chi connectivity index (χ3v) is 4.84. The van der Waals surface area contributed by atoms with Crippen LogP contribution in [-0.4, -0.2) is 16.9 Å². The van der Waals surface area contributed by atoms with Crippen molar-refractivity contribution in [3.05, 3.63) is 35.1 Å². The number of benzene rings is 1. The lowest BCUT2D eigenvalue weighted by Crippen LogP contribution is -2.09. The van der Waals surface area contributed by atoms with Crippen molar-refractivity contribution in [2.75, 3.05) is 0 Å². The van der Waals surface area contributed by atoms with E-state index in [0.29, 0.717) is 12.5 Å². The number of carbonyl (C=O) groups is 2. The van der Waals surface area contributed by atoms with Crippen molar-refractivity contribution in [1.82, 2.24) is 0 Å². The molecule has 0 unspecified atom stereocenters. The lowest BCUT2D eigenvalue weighted by Gasteiger charge is -2.09. The van der Waals surface area contributed by atoms with Gasteiger partial charge in [0.05, 0.1) is 5.56 Å². The zero-order valence-electron chi connectivity index (χ0n) is 16.7. The van der Waals surface area contributed by atoms with Crippen molar-refractivity contribution in [3.8, 4) is 0 Å². The second kappa shape index (κ2) is 13.3. The molecule has 164 valence electrons. The highest BCUT2D eigenvalue weighted by Gasteiger charge is 2.33. The molecule has 0 radical (unpaired) electrons. The van der Waals surface area contributed by atoms with Gasteiger partial charge in [0.25, 0.3) is 0 Å². The fourth-order valence-corrected chi connectivity index (χ4v) is 3.23. The molecule has 0 amide bonds. The maximum atomic E-state index is 13.5. The van der Waals surface area contributed by atoms with Gasteiger partial charge in [-0.25, -0.2) is 4.39 Å². The number of ketones is 1. The third-order valence-electron chi connectivity index (χ3n) is 4.84. The van der Waals surface area contributed by atoms with Crippen LogP contribution in [0.5, 0.6) is 0 Å². The van der Waals surface area contributed by atoms with Crippen LogP contribution in [0.25, 0.3) is 0 Å². The fraction of sp³-hybridized carbons (Fsp3) is 0.636. The summed E-state index contributed by atoms with van der Waals surface area (Å²) in [5.74, 6) is -2.18. The Labute approximate surface area is 169 Å². The van der Waals surface area contributed by atoms with Gasteiger partial charge in [-0.3, -0.25) is 9.59 Å². The van der Waals surface area contributed by atoms with Crippen LogP contribution in [0.2, 0.25) is 0 Å². The van der Waals surface area contributed by atoms with Crippen LogP contribution in [0.3, 0.4) is 0 Å². The van der Waals surface area contributed by atoms with E-state index in [0.717, 1.165) is 76.3 Å². The molecule has 0 saturated heterocycles. The van der Waals surface area contributed by atoms with Crippen LogP contribution >= 0.6 is 0 Å². The highest BCUT2D eigenvalue weighted by Crippen LogP contribution is 2.31. The Morgan fingerprint density at radius 3 is 1.72 bits per heavy atom. The van der Waals surface area contributed by atoms with Crippen LogP contribution in [0.1, 0.15) is 88.2 Å². The van der Waals surface area contributed by atoms with E-state index in [1.54, 1.807) is 0 Å². The average Bonchev–Trinajstić information content (AvgIpc) is 2.61. The number of Topliss-reactive ketones (excluding diaryl/α,β-unsaturated/α-hetero) is 1. The predicted octanol–water partition coefficient (Wildman–Crippen LogP) is 6.72. The number of carboxylic acids is 1. The first-order chi connectivity index (χ1) is 13.7. The van der Waals surface area contributed by atoms with Gasteiger partial charge in [-0.05, 0) is 30.5 Å². The van der Waals surface area contributed by atoms with Crippen molar-refractivity contribution in [2.24, 2.45) is 0 Å². The Kier molecular flexibility index (Phi) is 11.5. The molecule has 0 aliphatic heterocycles. The summed E-state index contributed by atoms with van der Waals surface area (Å²) in [5, 5.41) is 8.54. The molecule has 0 saturated carbocycles. The minimum absolute atomic E-state index is 0.0447. The van der Waals surface area contributed by atoms with Crippen LogP contribution in [0.15, 0.2) is 18.2 Å². The molecular weight excluding hydrogens is 388 g/mol. The Hall–Kier alpha value is -1.92. The maximum Gasteiger partial charge on any atom is 0.419 e. The fourth-order valence-electron chi connectivity index (χ4n) is 3.23. The van der Waals surface area contributed by atoms with E-state index < -0.39 is 23.5 Å². The monoisotopic (exact) mass is 418 g/mol. The zero-order valence-corrected chi connectivity index (χ0v) is 16.7. The van der Waals surface area contributed by atoms with Crippen molar-refractivity contribution < 1.29 is 32.3 Å². The SMILES string of the molecule is O=C(O)CCCCCCCCCCCCC(=O)Cc1ccc(C(F)(F)F)c(F)c1. The summed E-state index contributed by atoms with van der Waals surface area (Å²) in [6.07, 6.45) is 5.72. The van der Waals surface area contributed by atoms with Gasteiger partial charge in [0.15, 0.2) is 0 Å². The van der Waals surface area contributed by atoms with Crippen molar-refractivity contribution in [1.29, 1.82) is 0 Å². The molecule has 29 heavy (non-hydrogen) atoms. The molecule has 1 aromatic rings. The molecule has 1 N–H and O–H groups in total. The molecule has 7 heteroatoms. The summed E-state index contributed by atoms with van der Waals surface area (Å²) >= 11 is 0. The maximum absolute atomic E-state index is 13.5. The van der Waals surface area contributed by atoms with E-state index in [2.05, 4.69) is 0 Å². The molecule has 0 bridgehead atoms. The van der Waals surface area contributed by atoms with Crippen molar-refractivity contribution in [2.45, 2.75) is 89.6 Å². The highest BCUT2D eigenvalue weighted by atomic mass is 19.4. The number of alkyl halides is 3. The van der Waals surface area contributed by atoms with E-state index in [-0.39, 0.29) is 24.2 Å². The van der Waals surface area contributed by atoms with E-state index >= 15 is 0 Å². The van der Waals surface area contributed by atoms with E-state index in [4.69, 9.17) is 5.11 Å². The summed E-state index contributed by atoms with van der Waals surface area (Å²) in [7, 11) is 0. The summed E-state index contributed by atoms with van der Waals surface area (Å²) in [6.45, 7) is 0. The number of rotatable bonds is 15. The molecule has 0 aromatic heterocycles. The lowest BCUT2D eigenvalue weighted by atomic mass is 10.0. The standard InChI is InChI=1S/C22H30F4O3/c23-20-16-17(13-14-19(20)22(24,25)26)15-18(27)11-9-7-5-3-1-2-4-6-8-10-12-21(28)29/h13-14,16H,1-12,15H2,(H,28,29). The number of hydrogen-bond donors (Lipinski definition) is 1. The molecule has 0 aliphatic carbocycles. The minimum atomic E-state index is -4.73. The molecule has 0 fully saturated rings. The number of carboxylic acid groups (broad SMARTS) is 1. The predicted molar refractivity (Wildman–Crippen MR) is 103 cm³/mol. The number of hydrogen-bond acceptors (Lipinski definition) is 2. The first-order valence-electron chi connectivity index (χ1n) is 10.3. The van der Waals surface area contributed by atoms with Gasteiger partial charge < -0.3 is 5.11 Å². The minimum Gasteiger partial charge on any atom is -0.481 e. The van der Waals surface area contributed by atoms with Gasteiger partial charge in [0.1, 0.15) is 11.6 Å². The summed E-state index contributed by atoms with van der Waals surface area (Å²) in [4.78, 5) is 22.3. The Morgan fingerprint density at radius 2 is 1.28 bits per heavy atom. The van der Waals surface area contributed by atoms with E-state index in [1.807, 2.05) is 0 Å². The second-order valence-corrected chi connectivity index (χ2v) is 7.46. The summed E-state index contributed by atoms with van der Waals surface area (Å²) < 4.78 is 51.1. The molecule has 3 nitrogen and oxygen atoms in total. The summed E-state index contributed by atoms with van der Waals surface area (Å²) in [5.41, 5.74) is -1.04. The van der Waals surface area contributed by atoms with Gasteiger partial charge in [0, 0.05) is 19.3 Å². The van der Waals surface area contributed by atoms with Gasteiger partial charge in [-0.15, -0.1) is 0 Å². The number of halogens is 4. The van der Waals surface area contributed by atoms with Crippen LogP contribution in [-0.2, 0) is 22.2 Å². The largest absolute Gasteiger partial charge is 0.481 e. The van der Waals surface area contributed by atoms with Crippen LogP contribution in [0.4, 0.5) is 17.6 Å². The molecule has 1 rings (SSSR count). The van der Waals surface area contributed by atoms with Crippen LogP contribution < -0.4 is 0 Å². The van der Waals surface area contributed by atoms with Gasteiger partial charge in [-0.2, -0.15) is 13.2 Å². The first-order valence-corrected chi connectivity index (χ1v) is 10.3. The summed E-state index contributed by atoms with van der Waals surface area (Å²) in [6, 6.07) is 2.64. The van der Waals surface area contributed by atoms with Crippen molar-refractivity contribution in [3.63, 3.8) is 0 Å². The third kappa shape index (κ3) is 11.6. The number of carbonyl (C=O) groups excluding carboxylic acids is 1. The van der Waals surface area contributed by atoms with Crippen molar-refractivity contribution >= 4 is 11.8 Å². The Morgan fingerprint density at radius 1 is 0.793 bits per heavy atom. The molecular formula is C22H30F4O3. The zero-order chi connectivity index (χ0) is 21.7. The number of unbranched alkanes of at least 4 members (excludes halogenated alkanes) is 9. The Balaban J connectivity index is 2.06. The van der Waals surface area contributed by atoms with E-state index in [1.165, 1.54) is 0 Å². The Bertz CT molecular complexity index is 641. The van der Waals surface area contributed by atoms with Gasteiger partial charge >= 0.3 is 12.1 Å². The van der Waals surface area contributed by atoms with Gasteiger partial charge in [-0.1, -0.05) is 57.4 Å². The molecule has 0 aliphatic rings. The average molecular weight is 418 g/mol. The quantitative estimate of drug-likeness (QED) is 0.254. The molecule has 0 heterocycles.